The standard InChI is InChI=1S/C20H18N6O2S2/c1-12-22-13(10-29-12)8-18-23-24-20(28-18)30-11-17(27)14(9-21)19-25(2)15-6-4-5-7-16(15)26(19)3/h4-7,10H,8,11H2,1-3H3. The molecule has 152 valence electrons. The van der Waals surface area contributed by atoms with Gasteiger partial charge < -0.3 is 14.2 Å². The molecule has 3 heterocycles. The Labute approximate surface area is 181 Å². The number of carbonyl (C=O) groups is 1. The molecule has 0 fully saturated rings. The topological polar surface area (TPSA) is 99.1 Å². The van der Waals surface area contributed by atoms with E-state index in [0.717, 1.165) is 33.8 Å². The Balaban J connectivity index is 1.46. The van der Waals surface area contributed by atoms with Crippen molar-refractivity contribution < 1.29 is 9.21 Å². The summed E-state index contributed by atoms with van der Waals surface area (Å²) >= 11 is 2.69. The molecule has 0 spiro atoms. The molecule has 0 radical (unpaired) electrons. The number of nitrogens with zero attached hydrogens (tertiary/aromatic N) is 6. The highest BCUT2D eigenvalue weighted by atomic mass is 32.2. The third kappa shape index (κ3) is 3.81. The van der Waals surface area contributed by atoms with Gasteiger partial charge in [-0.15, -0.1) is 21.5 Å². The molecule has 0 N–H and O–H groups in total. The lowest BCUT2D eigenvalue weighted by molar-refractivity contribution is -0.112. The van der Waals surface area contributed by atoms with E-state index in [0.29, 0.717) is 23.4 Å². The zero-order chi connectivity index (χ0) is 21.3. The first-order chi connectivity index (χ1) is 14.5. The van der Waals surface area contributed by atoms with Crippen LogP contribution in [0.5, 0.6) is 0 Å². The minimum atomic E-state index is -0.293. The van der Waals surface area contributed by atoms with E-state index in [1.54, 1.807) is 11.3 Å². The van der Waals surface area contributed by atoms with Crippen molar-refractivity contribution in [1.29, 1.82) is 5.26 Å². The van der Waals surface area contributed by atoms with E-state index in [-0.39, 0.29) is 17.1 Å². The predicted octanol–water partition coefficient (Wildman–Crippen LogP) is 3.41. The Morgan fingerprint density at radius 1 is 1.23 bits per heavy atom. The molecule has 0 aliphatic carbocycles. The molecular formula is C20H18N6O2S2. The van der Waals surface area contributed by atoms with Crippen LogP contribution in [-0.2, 0) is 11.2 Å². The maximum absolute atomic E-state index is 12.8. The number of aryl methyl sites for hydroxylation is 1. The molecule has 0 unspecified atom stereocenters. The minimum Gasteiger partial charge on any atom is -0.416 e. The number of aromatic nitrogens is 3. The molecule has 2 aromatic heterocycles. The molecule has 30 heavy (non-hydrogen) atoms. The molecule has 1 aromatic carbocycles. The number of benzene rings is 1. The first kappa shape index (κ1) is 20.1. The van der Waals surface area contributed by atoms with Crippen molar-refractivity contribution in [2.45, 2.75) is 18.6 Å². The lowest BCUT2D eigenvalue weighted by Crippen LogP contribution is -2.26. The van der Waals surface area contributed by atoms with Crippen LogP contribution in [-0.4, -0.2) is 40.8 Å². The summed E-state index contributed by atoms with van der Waals surface area (Å²) in [5.74, 6) is 0.745. The zero-order valence-corrected chi connectivity index (χ0v) is 18.3. The number of hydrogen-bond acceptors (Lipinski definition) is 10. The maximum atomic E-state index is 12.8. The number of para-hydroxylation sites is 2. The van der Waals surface area contributed by atoms with Gasteiger partial charge >= 0.3 is 0 Å². The summed E-state index contributed by atoms with van der Waals surface area (Å²) in [4.78, 5) is 20.9. The largest absolute Gasteiger partial charge is 0.416 e. The lowest BCUT2D eigenvalue weighted by Gasteiger charge is -2.19. The molecule has 0 saturated heterocycles. The highest BCUT2D eigenvalue weighted by molar-refractivity contribution is 7.99. The van der Waals surface area contributed by atoms with E-state index >= 15 is 0 Å². The Kier molecular flexibility index (Phi) is 5.57. The van der Waals surface area contributed by atoms with Crippen LogP contribution in [0, 0.1) is 18.3 Å². The number of nitriles is 1. The van der Waals surface area contributed by atoms with E-state index in [9.17, 15) is 10.1 Å². The number of hydrogen-bond donors (Lipinski definition) is 0. The van der Waals surface area contributed by atoms with Crippen LogP contribution in [0.2, 0.25) is 0 Å². The van der Waals surface area contributed by atoms with Crippen LogP contribution in [0.3, 0.4) is 0 Å². The van der Waals surface area contributed by atoms with Gasteiger partial charge in [-0.2, -0.15) is 5.26 Å². The molecule has 0 saturated carbocycles. The van der Waals surface area contributed by atoms with E-state index in [2.05, 4.69) is 21.3 Å². The molecule has 0 atom stereocenters. The van der Waals surface area contributed by atoms with Gasteiger partial charge in [-0.05, 0) is 19.1 Å². The average Bonchev–Trinajstić information content (AvgIpc) is 3.43. The maximum Gasteiger partial charge on any atom is 0.277 e. The Morgan fingerprint density at radius 2 is 1.93 bits per heavy atom. The highest BCUT2D eigenvalue weighted by Crippen LogP contribution is 2.40. The molecule has 0 amide bonds. The van der Waals surface area contributed by atoms with Crippen LogP contribution in [0.1, 0.15) is 16.6 Å². The second-order valence-electron chi connectivity index (χ2n) is 6.63. The second kappa shape index (κ2) is 8.30. The first-order valence-electron chi connectivity index (χ1n) is 9.08. The zero-order valence-electron chi connectivity index (χ0n) is 16.6. The third-order valence-corrected chi connectivity index (χ3v) is 6.27. The number of anilines is 2. The SMILES string of the molecule is Cc1nc(Cc2nnc(SCC(=O)C(C#N)=C3N(C)c4ccccc4N3C)o2)cs1. The van der Waals surface area contributed by atoms with Gasteiger partial charge in [0.1, 0.15) is 17.5 Å². The summed E-state index contributed by atoms with van der Waals surface area (Å²) in [6.45, 7) is 1.94. The van der Waals surface area contributed by atoms with Crippen LogP contribution < -0.4 is 9.80 Å². The van der Waals surface area contributed by atoms with Crippen molar-refractivity contribution in [2.24, 2.45) is 0 Å². The summed E-state index contributed by atoms with van der Waals surface area (Å²) in [6.07, 6.45) is 0.452. The summed E-state index contributed by atoms with van der Waals surface area (Å²) in [6, 6.07) is 9.84. The van der Waals surface area contributed by atoms with Gasteiger partial charge in [0.05, 0.1) is 34.2 Å². The van der Waals surface area contributed by atoms with E-state index in [1.807, 2.05) is 60.5 Å². The third-order valence-electron chi connectivity index (χ3n) is 4.63. The molecule has 1 aliphatic heterocycles. The fraction of sp³-hybridized carbons (Fsp3) is 0.250. The van der Waals surface area contributed by atoms with Crippen molar-refractivity contribution in [3.05, 3.63) is 57.6 Å². The summed E-state index contributed by atoms with van der Waals surface area (Å²) in [5, 5.41) is 20.9. The van der Waals surface area contributed by atoms with Crippen molar-refractivity contribution in [2.75, 3.05) is 29.6 Å². The normalized spacial score (nSPS) is 12.8. The van der Waals surface area contributed by atoms with E-state index < -0.39 is 0 Å². The number of rotatable bonds is 6. The van der Waals surface area contributed by atoms with E-state index in [4.69, 9.17) is 4.42 Å². The number of carbonyl (C=O) groups excluding carboxylic acids is 1. The van der Waals surface area contributed by atoms with Crippen molar-refractivity contribution in [1.82, 2.24) is 15.2 Å². The van der Waals surface area contributed by atoms with Gasteiger partial charge in [0, 0.05) is 19.5 Å². The Bertz CT molecular complexity index is 1140. The highest BCUT2D eigenvalue weighted by Gasteiger charge is 2.31. The Hall–Kier alpha value is -3.16. The molecule has 8 nitrogen and oxygen atoms in total. The molecule has 10 heteroatoms. The van der Waals surface area contributed by atoms with Gasteiger partial charge in [-0.1, -0.05) is 23.9 Å². The fourth-order valence-electron chi connectivity index (χ4n) is 3.27. The lowest BCUT2D eigenvalue weighted by atomic mass is 10.2. The number of fused-ring (bicyclic) bond motifs is 1. The average molecular weight is 439 g/mol. The molecule has 1 aliphatic rings. The van der Waals surface area contributed by atoms with Crippen LogP contribution >= 0.6 is 23.1 Å². The van der Waals surface area contributed by atoms with Crippen LogP contribution in [0.4, 0.5) is 11.4 Å². The molecule has 3 aromatic rings. The van der Waals surface area contributed by atoms with Gasteiger partial charge in [0.25, 0.3) is 5.22 Å². The number of ketones is 1. The monoisotopic (exact) mass is 438 g/mol. The first-order valence-corrected chi connectivity index (χ1v) is 10.9. The number of Topliss-reactive ketones (excluding diaryl/α,β-unsaturated/α-hetero) is 1. The molecule has 0 bridgehead atoms. The van der Waals surface area contributed by atoms with Gasteiger partial charge in [0.15, 0.2) is 5.78 Å². The fourth-order valence-corrected chi connectivity index (χ4v) is 4.53. The number of allylic oxidation sites excluding steroid dienone is 1. The van der Waals surface area contributed by atoms with Gasteiger partial charge in [-0.25, -0.2) is 4.98 Å². The Morgan fingerprint density at radius 3 is 2.53 bits per heavy atom. The summed E-state index contributed by atoms with van der Waals surface area (Å²) in [7, 11) is 3.69. The smallest absolute Gasteiger partial charge is 0.277 e. The second-order valence-corrected chi connectivity index (χ2v) is 8.61. The van der Waals surface area contributed by atoms with Crippen molar-refractivity contribution in [3.63, 3.8) is 0 Å². The van der Waals surface area contributed by atoms with E-state index in [1.165, 1.54) is 0 Å². The van der Waals surface area contributed by atoms with Crippen molar-refractivity contribution >= 4 is 40.3 Å². The quantitative estimate of drug-likeness (QED) is 0.326. The van der Waals surface area contributed by atoms with Crippen LogP contribution in [0.15, 0.2) is 50.7 Å². The summed E-state index contributed by atoms with van der Waals surface area (Å²) < 4.78 is 5.61. The molecular weight excluding hydrogens is 420 g/mol. The van der Waals surface area contributed by atoms with Crippen LogP contribution in [0.25, 0.3) is 0 Å². The molecule has 4 rings (SSSR count). The summed E-state index contributed by atoms with van der Waals surface area (Å²) in [5.41, 5.74) is 2.86. The number of thioether (sulfide) groups is 1. The predicted molar refractivity (Wildman–Crippen MR) is 116 cm³/mol. The van der Waals surface area contributed by atoms with Gasteiger partial charge in [-0.3, -0.25) is 4.79 Å². The minimum absolute atomic E-state index is 0.0296. The number of thiazole rings is 1. The van der Waals surface area contributed by atoms with Gasteiger partial charge in [0.2, 0.25) is 5.89 Å². The van der Waals surface area contributed by atoms with Crippen molar-refractivity contribution in [3.8, 4) is 6.07 Å².